The molecule has 1 aromatic carbocycles. The Kier molecular flexibility index (Phi) is 2.63. The van der Waals surface area contributed by atoms with Crippen molar-refractivity contribution in [1.82, 2.24) is 9.78 Å². The van der Waals surface area contributed by atoms with Gasteiger partial charge in [-0.05, 0) is 32.0 Å². The van der Waals surface area contributed by atoms with Crippen molar-refractivity contribution in [3.63, 3.8) is 0 Å². The van der Waals surface area contributed by atoms with E-state index in [1.165, 1.54) is 6.07 Å². The summed E-state index contributed by atoms with van der Waals surface area (Å²) in [7, 11) is 0. The highest BCUT2D eigenvalue weighted by atomic mass is 16.4. The van der Waals surface area contributed by atoms with E-state index >= 15 is 0 Å². The van der Waals surface area contributed by atoms with Crippen molar-refractivity contribution in [3.05, 3.63) is 30.0 Å². The topological polar surface area (TPSA) is 75.4 Å². The van der Waals surface area contributed by atoms with Crippen molar-refractivity contribution in [1.29, 1.82) is 0 Å². The van der Waals surface area contributed by atoms with E-state index in [2.05, 4.69) is 5.10 Å². The minimum absolute atomic E-state index is 0.236. The van der Waals surface area contributed by atoms with Crippen LogP contribution in [0, 0.1) is 0 Å². The lowest BCUT2D eigenvalue weighted by molar-refractivity contribution is 0.0579. The van der Waals surface area contributed by atoms with E-state index in [0.717, 1.165) is 10.9 Å². The number of aromatic carboxylic acids is 1. The molecule has 0 aliphatic rings. The number of hydrogen-bond donors (Lipinski definition) is 2. The van der Waals surface area contributed by atoms with Crippen LogP contribution in [-0.2, 0) is 6.54 Å². The second kappa shape index (κ2) is 3.85. The molecule has 0 saturated carbocycles. The molecule has 17 heavy (non-hydrogen) atoms. The Balaban J connectivity index is 2.40. The minimum Gasteiger partial charge on any atom is -0.478 e. The van der Waals surface area contributed by atoms with Gasteiger partial charge in [0.2, 0.25) is 0 Å². The summed E-state index contributed by atoms with van der Waals surface area (Å²) in [4.78, 5) is 10.8. The van der Waals surface area contributed by atoms with Gasteiger partial charge in [0.25, 0.3) is 0 Å². The molecule has 0 saturated heterocycles. The van der Waals surface area contributed by atoms with E-state index in [4.69, 9.17) is 5.11 Å². The van der Waals surface area contributed by atoms with Crippen molar-refractivity contribution in [2.45, 2.75) is 26.0 Å². The first-order chi connectivity index (χ1) is 7.85. The van der Waals surface area contributed by atoms with Gasteiger partial charge in [-0.1, -0.05) is 0 Å². The number of carbonyl (C=O) groups is 1. The quantitative estimate of drug-likeness (QED) is 0.844. The van der Waals surface area contributed by atoms with Gasteiger partial charge in [-0.3, -0.25) is 4.68 Å². The van der Waals surface area contributed by atoms with Gasteiger partial charge in [-0.25, -0.2) is 4.79 Å². The molecule has 0 amide bonds. The highest BCUT2D eigenvalue weighted by Gasteiger charge is 2.14. The molecule has 1 heterocycles. The van der Waals surface area contributed by atoms with Crippen LogP contribution in [0.15, 0.2) is 24.4 Å². The molecule has 0 unspecified atom stereocenters. The Labute approximate surface area is 98.3 Å². The average molecular weight is 234 g/mol. The van der Waals surface area contributed by atoms with Crippen LogP contribution in [0.25, 0.3) is 10.9 Å². The largest absolute Gasteiger partial charge is 0.478 e. The van der Waals surface area contributed by atoms with E-state index in [-0.39, 0.29) is 5.56 Å². The fraction of sp³-hybridized carbons (Fsp3) is 0.333. The summed E-state index contributed by atoms with van der Waals surface area (Å²) in [6.07, 6.45) is 1.74. The summed E-state index contributed by atoms with van der Waals surface area (Å²) in [5.41, 5.74) is 0.108. The number of aromatic nitrogens is 2. The van der Waals surface area contributed by atoms with E-state index in [0.29, 0.717) is 6.54 Å². The van der Waals surface area contributed by atoms with Crippen LogP contribution < -0.4 is 0 Å². The number of carboxylic acid groups (broad SMARTS) is 1. The Bertz CT molecular complexity index is 567. The third-order valence-corrected chi connectivity index (χ3v) is 2.35. The maximum atomic E-state index is 10.8. The van der Waals surface area contributed by atoms with Crippen molar-refractivity contribution in [2.75, 3.05) is 0 Å². The highest BCUT2D eigenvalue weighted by Crippen LogP contribution is 2.16. The number of aliphatic hydroxyl groups is 1. The fourth-order valence-corrected chi connectivity index (χ4v) is 1.69. The van der Waals surface area contributed by atoms with Crippen LogP contribution in [0.5, 0.6) is 0 Å². The van der Waals surface area contributed by atoms with Crippen LogP contribution in [0.4, 0.5) is 0 Å². The second-order valence-corrected chi connectivity index (χ2v) is 4.72. The lowest BCUT2D eigenvalue weighted by Crippen LogP contribution is -2.26. The van der Waals surface area contributed by atoms with Crippen LogP contribution in [0.1, 0.15) is 24.2 Å². The predicted molar refractivity (Wildman–Crippen MR) is 63.0 cm³/mol. The van der Waals surface area contributed by atoms with Gasteiger partial charge in [-0.2, -0.15) is 5.10 Å². The summed E-state index contributed by atoms with van der Waals surface area (Å²) in [6.45, 7) is 3.76. The Morgan fingerprint density at radius 3 is 2.76 bits per heavy atom. The van der Waals surface area contributed by atoms with Crippen molar-refractivity contribution in [2.24, 2.45) is 0 Å². The Hall–Kier alpha value is -1.88. The number of carboxylic acids is 1. The van der Waals surface area contributed by atoms with E-state index in [1.807, 2.05) is 0 Å². The monoisotopic (exact) mass is 234 g/mol. The summed E-state index contributed by atoms with van der Waals surface area (Å²) in [5.74, 6) is -0.956. The van der Waals surface area contributed by atoms with E-state index in [9.17, 15) is 9.90 Å². The third-order valence-electron chi connectivity index (χ3n) is 2.35. The molecule has 5 heteroatoms. The molecule has 0 aliphatic carbocycles. The first-order valence-electron chi connectivity index (χ1n) is 5.28. The highest BCUT2D eigenvalue weighted by molar-refractivity contribution is 5.93. The van der Waals surface area contributed by atoms with Gasteiger partial charge in [0.1, 0.15) is 0 Å². The molecule has 0 aliphatic heterocycles. The first-order valence-corrected chi connectivity index (χ1v) is 5.28. The maximum absolute atomic E-state index is 10.8. The molecule has 2 rings (SSSR count). The first kappa shape index (κ1) is 11.6. The molecule has 5 nitrogen and oxygen atoms in total. The van der Waals surface area contributed by atoms with Gasteiger partial charge in [0.05, 0.1) is 23.2 Å². The third kappa shape index (κ3) is 2.62. The smallest absolute Gasteiger partial charge is 0.335 e. The molecule has 0 spiro atoms. The molecule has 0 radical (unpaired) electrons. The number of fused-ring (bicyclic) bond motifs is 1. The summed E-state index contributed by atoms with van der Waals surface area (Å²) < 4.78 is 1.62. The molecule has 2 N–H and O–H groups in total. The molecule has 0 atom stereocenters. The lowest BCUT2D eigenvalue weighted by Gasteiger charge is -2.16. The van der Waals surface area contributed by atoms with Crippen molar-refractivity contribution in [3.8, 4) is 0 Å². The molecule has 1 aromatic heterocycles. The van der Waals surface area contributed by atoms with Gasteiger partial charge in [0.15, 0.2) is 0 Å². The molecular formula is C12H14N2O3. The zero-order valence-electron chi connectivity index (χ0n) is 9.71. The van der Waals surface area contributed by atoms with Crippen LogP contribution >= 0.6 is 0 Å². The van der Waals surface area contributed by atoms with Gasteiger partial charge in [-0.15, -0.1) is 0 Å². The van der Waals surface area contributed by atoms with Gasteiger partial charge < -0.3 is 10.2 Å². The van der Waals surface area contributed by atoms with Crippen LogP contribution in [0.2, 0.25) is 0 Å². The summed E-state index contributed by atoms with van der Waals surface area (Å²) in [6, 6.07) is 4.76. The van der Waals surface area contributed by atoms with Crippen LogP contribution in [0.3, 0.4) is 0 Å². The molecular weight excluding hydrogens is 220 g/mol. The average Bonchev–Trinajstić information content (AvgIpc) is 2.54. The number of rotatable bonds is 3. The number of nitrogens with zero attached hydrogens (tertiary/aromatic N) is 2. The lowest BCUT2D eigenvalue weighted by atomic mass is 10.1. The standard InChI is InChI=1S/C12H14N2O3/c1-12(2,17)7-14-6-9-5-8(11(15)16)3-4-10(9)13-14/h3-6,17H,7H2,1-2H3,(H,15,16). The number of hydrogen-bond acceptors (Lipinski definition) is 3. The van der Waals surface area contributed by atoms with Crippen molar-refractivity contribution < 1.29 is 15.0 Å². The Morgan fingerprint density at radius 1 is 1.47 bits per heavy atom. The summed E-state index contributed by atoms with van der Waals surface area (Å²) in [5, 5.41) is 23.6. The predicted octanol–water partition coefficient (Wildman–Crippen LogP) is 1.51. The zero-order valence-corrected chi connectivity index (χ0v) is 9.71. The van der Waals surface area contributed by atoms with Gasteiger partial charge >= 0.3 is 5.97 Å². The zero-order chi connectivity index (χ0) is 12.6. The number of benzene rings is 1. The molecule has 0 fully saturated rings. The SMILES string of the molecule is CC(C)(O)Cn1cc2cc(C(=O)O)ccc2n1. The maximum Gasteiger partial charge on any atom is 0.335 e. The minimum atomic E-state index is -0.956. The second-order valence-electron chi connectivity index (χ2n) is 4.72. The van der Waals surface area contributed by atoms with Crippen LogP contribution in [-0.4, -0.2) is 31.6 Å². The molecule has 90 valence electrons. The normalized spacial score (nSPS) is 11.9. The van der Waals surface area contributed by atoms with E-state index in [1.54, 1.807) is 36.9 Å². The van der Waals surface area contributed by atoms with Gasteiger partial charge in [0, 0.05) is 11.6 Å². The molecule has 2 aromatic rings. The van der Waals surface area contributed by atoms with E-state index < -0.39 is 11.6 Å². The molecule has 0 bridgehead atoms. The summed E-state index contributed by atoms with van der Waals surface area (Å²) >= 11 is 0. The van der Waals surface area contributed by atoms with Crippen molar-refractivity contribution >= 4 is 16.9 Å². The Morgan fingerprint density at radius 2 is 2.18 bits per heavy atom. The fourth-order valence-electron chi connectivity index (χ4n) is 1.69.